The monoisotopic (exact) mass is 297 g/mol. The van der Waals surface area contributed by atoms with Crippen LogP contribution in [0.15, 0.2) is 36.5 Å². The van der Waals surface area contributed by atoms with Gasteiger partial charge in [0.25, 0.3) is 5.97 Å². The molecule has 0 heterocycles. The predicted molar refractivity (Wildman–Crippen MR) is 66.4 cm³/mol. The summed E-state index contributed by atoms with van der Waals surface area (Å²) >= 11 is 0. The van der Waals surface area contributed by atoms with Gasteiger partial charge in [0.05, 0.1) is 0 Å². The summed E-state index contributed by atoms with van der Waals surface area (Å²) in [6, 6.07) is 0. The third-order valence-electron chi connectivity index (χ3n) is 0.876. The van der Waals surface area contributed by atoms with Gasteiger partial charge in [-0.2, -0.15) is 24.6 Å². The quantitative estimate of drug-likeness (QED) is 0.367. The molecular weight excluding hydrogens is 280 g/mol. The number of carboxylic acids is 1. The number of carboxylic acid groups (broad SMARTS) is 1. The molecule has 0 aromatic heterocycles. The molecule has 0 radical (unpaired) electrons. The van der Waals surface area contributed by atoms with Crippen LogP contribution in [-0.4, -0.2) is 31.4 Å². The number of hydrogen-bond acceptors (Lipinski definition) is 4. The fourth-order valence-corrected chi connectivity index (χ4v) is 0.441. The standard InChI is InChI=1S/C9H11O2.3CH2O.Fe/c1-2-3-4-5-6-7-8-9(10)11;3*1-2;/h2-8H,1H3,(H,10,11);3*1H2;/q-1;;;;. The Kier molecular flexibility index (Phi) is 75.8. The Balaban J connectivity index is -0.0000000700. The van der Waals surface area contributed by atoms with Crippen LogP contribution in [0.25, 0.3) is 0 Å². The van der Waals surface area contributed by atoms with E-state index in [4.69, 9.17) is 19.5 Å². The number of allylic oxidation sites excluding steroid dienone is 5. The molecule has 0 aliphatic rings. The fourth-order valence-electron chi connectivity index (χ4n) is 0.441. The SMILES string of the molecule is C=O.C=O.C=O.CC=CC=C[CH-]C=CC(=O)O.[Fe]. The molecule has 0 atom stereocenters. The minimum absolute atomic E-state index is 0. The third kappa shape index (κ3) is 65.1. The maximum absolute atomic E-state index is 9.94. The van der Waals surface area contributed by atoms with Gasteiger partial charge in [-0.25, -0.2) is 0 Å². The van der Waals surface area contributed by atoms with Gasteiger partial charge in [0.2, 0.25) is 0 Å². The fraction of sp³-hybridized carbons (Fsp3) is 0.0833. The second-order valence-corrected chi connectivity index (χ2v) is 1.80. The minimum atomic E-state index is -0.930. The summed E-state index contributed by atoms with van der Waals surface area (Å²) in [5, 5.41) is 8.17. The van der Waals surface area contributed by atoms with Gasteiger partial charge >= 0.3 is 0 Å². The van der Waals surface area contributed by atoms with Gasteiger partial charge in [-0.3, -0.25) is 4.79 Å². The summed E-state index contributed by atoms with van der Waals surface area (Å²) < 4.78 is 0. The van der Waals surface area contributed by atoms with E-state index in [-0.39, 0.29) is 17.1 Å². The van der Waals surface area contributed by atoms with Crippen LogP contribution in [0, 0.1) is 6.42 Å². The van der Waals surface area contributed by atoms with E-state index in [1.807, 2.05) is 45.5 Å². The molecule has 0 amide bonds. The van der Waals surface area contributed by atoms with Crippen molar-refractivity contribution in [2.75, 3.05) is 0 Å². The molecule has 0 saturated heterocycles. The molecule has 0 aliphatic heterocycles. The average Bonchev–Trinajstić information content (AvgIpc) is 2.40. The normalized spacial score (nSPS) is 7.83. The van der Waals surface area contributed by atoms with E-state index in [9.17, 15) is 4.79 Å². The summed E-state index contributed by atoms with van der Waals surface area (Å²) in [5.74, 6) is -0.930. The first kappa shape index (κ1) is 29.8. The van der Waals surface area contributed by atoms with Crippen molar-refractivity contribution >= 4 is 26.3 Å². The maximum Gasteiger partial charge on any atom is 0.272 e. The molecule has 0 fully saturated rings. The molecule has 5 nitrogen and oxygen atoms in total. The molecule has 104 valence electrons. The van der Waals surface area contributed by atoms with Gasteiger partial charge in [0.15, 0.2) is 0 Å². The Morgan fingerprint density at radius 3 is 1.78 bits per heavy atom. The molecule has 0 saturated carbocycles. The second-order valence-electron chi connectivity index (χ2n) is 1.80. The third-order valence-corrected chi connectivity index (χ3v) is 0.876. The zero-order chi connectivity index (χ0) is 14.5. The Hall–Kier alpha value is -1.91. The van der Waals surface area contributed by atoms with Crippen LogP contribution in [0.3, 0.4) is 0 Å². The zero-order valence-corrected chi connectivity index (χ0v) is 11.2. The Morgan fingerprint density at radius 1 is 1.00 bits per heavy atom. The van der Waals surface area contributed by atoms with Crippen LogP contribution >= 0.6 is 0 Å². The van der Waals surface area contributed by atoms with E-state index >= 15 is 0 Å². The number of hydrogen-bond donors (Lipinski definition) is 1. The molecule has 0 aromatic carbocycles. The van der Waals surface area contributed by atoms with E-state index in [2.05, 4.69) is 0 Å². The van der Waals surface area contributed by atoms with Crippen LogP contribution in [-0.2, 0) is 36.2 Å². The zero-order valence-electron chi connectivity index (χ0n) is 10.1. The molecule has 0 spiro atoms. The van der Waals surface area contributed by atoms with Gasteiger partial charge < -0.3 is 19.5 Å². The van der Waals surface area contributed by atoms with E-state index in [1.54, 1.807) is 12.5 Å². The van der Waals surface area contributed by atoms with Crippen molar-refractivity contribution in [1.29, 1.82) is 0 Å². The van der Waals surface area contributed by atoms with Crippen LogP contribution in [0.4, 0.5) is 0 Å². The summed E-state index contributed by atoms with van der Waals surface area (Å²) in [6.07, 6.45) is 11.6. The molecule has 0 unspecified atom stereocenters. The summed E-state index contributed by atoms with van der Waals surface area (Å²) in [6.45, 7) is 7.91. The molecule has 18 heavy (non-hydrogen) atoms. The first-order valence-electron chi connectivity index (χ1n) is 4.16. The molecule has 6 heteroatoms. The predicted octanol–water partition coefficient (Wildman–Crippen LogP) is 1.41. The maximum atomic E-state index is 9.94. The average molecular weight is 297 g/mol. The molecule has 1 N–H and O–H groups in total. The van der Waals surface area contributed by atoms with Crippen molar-refractivity contribution in [3.8, 4) is 0 Å². The molecular formula is C12H17FeO5-. The molecule has 0 aliphatic carbocycles. The Morgan fingerprint density at radius 2 is 1.44 bits per heavy atom. The Bertz CT molecular complexity index is 232. The van der Waals surface area contributed by atoms with Crippen LogP contribution < -0.4 is 0 Å². The van der Waals surface area contributed by atoms with Gasteiger partial charge in [-0.05, 0) is 6.92 Å². The number of carbonyl (C=O) groups is 4. The topological polar surface area (TPSA) is 88.5 Å². The van der Waals surface area contributed by atoms with Gasteiger partial charge in [-0.1, -0.05) is 12.2 Å². The summed E-state index contributed by atoms with van der Waals surface area (Å²) in [5.41, 5.74) is 0. The Labute approximate surface area is 118 Å². The number of aliphatic carboxylic acids is 1. The van der Waals surface area contributed by atoms with Crippen molar-refractivity contribution in [2.45, 2.75) is 6.92 Å². The number of carbonyl (C=O) groups excluding carboxylic acids is 3. The van der Waals surface area contributed by atoms with E-state index < -0.39 is 5.97 Å². The van der Waals surface area contributed by atoms with Crippen molar-refractivity contribution in [3.63, 3.8) is 0 Å². The number of rotatable bonds is 4. The van der Waals surface area contributed by atoms with Crippen molar-refractivity contribution < 1.29 is 41.4 Å². The van der Waals surface area contributed by atoms with E-state index in [1.165, 1.54) is 6.08 Å². The van der Waals surface area contributed by atoms with E-state index in [0.29, 0.717) is 0 Å². The van der Waals surface area contributed by atoms with Crippen molar-refractivity contribution in [1.82, 2.24) is 0 Å². The van der Waals surface area contributed by atoms with Gasteiger partial charge in [-0.15, -0.1) is 6.08 Å². The molecule has 0 bridgehead atoms. The minimum Gasteiger partial charge on any atom is -0.487 e. The van der Waals surface area contributed by atoms with Crippen molar-refractivity contribution in [3.05, 3.63) is 42.9 Å². The van der Waals surface area contributed by atoms with Gasteiger partial charge in [0, 0.05) is 17.1 Å². The first-order chi connectivity index (χ1) is 8.27. The van der Waals surface area contributed by atoms with E-state index in [0.717, 1.165) is 6.08 Å². The molecule has 0 rings (SSSR count). The second kappa shape index (κ2) is 45.8. The van der Waals surface area contributed by atoms with Gasteiger partial charge in [0.1, 0.15) is 20.4 Å². The van der Waals surface area contributed by atoms with Crippen LogP contribution in [0.2, 0.25) is 0 Å². The largest absolute Gasteiger partial charge is 0.487 e. The summed E-state index contributed by atoms with van der Waals surface area (Å²) in [7, 11) is 0. The molecule has 0 aromatic rings. The van der Waals surface area contributed by atoms with Crippen LogP contribution in [0.1, 0.15) is 6.92 Å². The smallest absolute Gasteiger partial charge is 0.272 e. The van der Waals surface area contributed by atoms with Crippen LogP contribution in [0.5, 0.6) is 0 Å². The van der Waals surface area contributed by atoms with Crippen molar-refractivity contribution in [2.24, 2.45) is 0 Å². The first-order valence-corrected chi connectivity index (χ1v) is 4.16. The summed E-state index contributed by atoms with van der Waals surface area (Å²) in [4.78, 5) is 33.9.